The molecular formula is C11H16FN3O3S. The molecule has 0 aliphatic rings. The van der Waals surface area contributed by atoms with Gasteiger partial charge in [0.1, 0.15) is 5.82 Å². The third-order valence-electron chi connectivity index (χ3n) is 2.41. The Kier molecular flexibility index (Phi) is 4.84. The van der Waals surface area contributed by atoms with Crippen LogP contribution in [0.15, 0.2) is 17.0 Å². The first-order valence-electron chi connectivity index (χ1n) is 5.54. The Labute approximate surface area is 111 Å². The fraction of sp³-hybridized carbons (Fsp3) is 0.364. The maximum Gasteiger partial charge on any atom is 0.312 e. The minimum atomic E-state index is -3.75. The van der Waals surface area contributed by atoms with Gasteiger partial charge in [0, 0.05) is 13.1 Å². The van der Waals surface area contributed by atoms with E-state index < -0.39 is 21.9 Å². The van der Waals surface area contributed by atoms with Crippen molar-refractivity contribution < 1.29 is 17.6 Å². The van der Waals surface area contributed by atoms with Gasteiger partial charge in [0.15, 0.2) is 0 Å². The number of benzene rings is 1. The predicted octanol–water partition coefficient (Wildman–Crippen LogP) is 0.389. The molecule has 0 saturated carbocycles. The van der Waals surface area contributed by atoms with E-state index >= 15 is 0 Å². The molecule has 0 fully saturated rings. The van der Waals surface area contributed by atoms with Crippen LogP contribution in [0.1, 0.15) is 11.1 Å². The van der Waals surface area contributed by atoms with Gasteiger partial charge in [-0.25, -0.2) is 22.3 Å². The van der Waals surface area contributed by atoms with Gasteiger partial charge < -0.3 is 11.1 Å². The van der Waals surface area contributed by atoms with Gasteiger partial charge in [-0.2, -0.15) is 0 Å². The van der Waals surface area contributed by atoms with Crippen molar-refractivity contribution in [3.63, 3.8) is 0 Å². The minimum Gasteiger partial charge on any atom is -0.352 e. The van der Waals surface area contributed by atoms with Crippen LogP contribution >= 0.6 is 0 Å². The molecule has 1 aromatic carbocycles. The van der Waals surface area contributed by atoms with Crippen LogP contribution in [0.4, 0.5) is 9.18 Å². The van der Waals surface area contributed by atoms with Crippen molar-refractivity contribution in [3.8, 4) is 0 Å². The van der Waals surface area contributed by atoms with Crippen molar-refractivity contribution in [1.29, 1.82) is 0 Å². The molecule has 106 valence electrons. The predicted molar refractivity (Wildman–Crippen MR) is 68.6 cm³/mol. The van der Waals surface area contributed by atoms with Crippen LogP contribution in [0.2, 0.25) is 0 Å². The van der Waals surface area contributed by atoms with Crippen LogP contribution in [0, 0.1) is 19.7 Å². The molecule has 0 unspecified atom stereocenters. The summed E-state index contributed by atoms with van der Waals surface area (Å²) in [7, 11) is -3.75. The average molecular weight is 289 g/mol. The van der Waals surface area contributed by atoms with Gasteiger partial charge in [-0.3, -0.25) is 0 Å². The fourth-order valence-electron chi connectivity index (χ4n) is 1.76. The molecule has 0 saturated heterocycles. The second-order valence-electron chi connectivity index (χ2n) is 4.06. The molecule has 6 nitrogen and oxygen atoms in total. The zero-order valence-corrected chi connectivity index (χ0v) is 11.5. The first kappa shape index (κ1) is 15.4. The Bertz CT molecular complexity index is 564. The van der Waals surface area contributed by atoms with E-state index in [1.807, 2.05) is 0 Å². The summed E-state index contributed by atoms with van der Waals surface area (Å²) in [5.74, 6) is -0.482. The lowest BCUT2D eigenvalue weighted by Crippen LogP contribution is -2.37. The maximum atomic E-state index is 13.1. The van der Waals surface area contributed by atoms with E-state index in [0.717, 1.165) is 12.1 Å². The molecule has 0 atom stereocenters. The minimum absolute atomic E-state index is 0.00152. The molecule has 0 spiro atoms. The lowest BCUT2D eigenvalue weighted by atomic mass is 10.1. The summed E-state index contributed by atoms with van der Waals surface area (Å²) < 4.78 is 39.5. The fourth-order valence-corrected chi connectivity index (χ4v) is 3.25. The molecule has 0 heterocycles. The van der Waals surface area contributed by atoms with Gasteiger partial charge >= 0.3 is 6.03 Å². The summed E-state index contributed by atoms with van der Waals surface area (Å²) in [5.41, 5.74) is 5.50. The molecule has 0 aliphatic heterocycles. The molecule has 2 amide bonds. The standard InChI is InChI=1S/C11H16FN3O3S/c1-7-5-9(12)6-8(2)10(7)19(17,18)15-4-3-14-11(13)16/h5-6,15H,3-4H2,1-2H3,(H3,13,14,16). The number of halogens is 1. The third-order valence-corrected chi connectivity index (χ3v) is 4.18. The van der Waals surface area contributed by atoms with Crippen LogP contribution in [0.5, 0.6) is 0 Å². The SMILES string of the molecule is Cc1cc(F)cc(C)c1S(=O)(=O)NCCNC(N)=O. The number of carbonyl (C=O) groups is 1. The van der Waals surface area contributed by atoms with E-state index in [1.54, 1.807) is 0 Å². The summed E-state index contributed by atoms with van der Waals surface area (Å²) in [6.45, 7) is 3.12. The second-order valence-corrected chi connectivity index (χ2v) is 5.76. The van der Waals surface area contributed by atoms with Crippen molar-refractivity contribution in [2.24, 2.45) is 5.73 Å². The van der Waals surface area contributed by atoms with Gasteiger partial charge in [-0.05, 0) is 37.1 Å². The zero-order chi connectivity index (χ0) is 14.6. The Balaban J connectivity index is 2.86. The number of hydrogen-bond donors (Lipinski definition) is 3. The number of carbonyl (C=O) groups excluding carboxylic acids is 1. The Morgan fingerprint density at radius 3 is 2.26 bits per heavy atom. The summed E-state index contributed by atoms with van der Waals surface area (Å²) in [5, 5.41) is 2.26. The lowest BCUT2D eigenvalue weighted by molar-refractivity contribution is 0.249. The van der Waals surface area contributed by atoms with Gasteiger partial charge in [-0.15, -0.1) is 0 Å². The molecule has 1 rings (SSSR count). The van der Waals surface area contributed by atoms with Gasteiger partial charge in [-0.1, -0.05) is 0 Å². The number of aryl methyl sites for hydroxylation is 2. The Morgan fingerprint density at radius 1 is 1.26 bits per heavy atom. The normalized spacial score (nSPS) is 11.3. The van der Waals surface area contributed by atoms with E-state index in [2.05, 4.69) is 10.0 Å². The molecule has 1 aromatic rings. The van der Waals surface area contributed by atoms with Crippen molar-refractivity contribution in [2.45, 2.75) is 18.7 Å². The van der Waals surface area contributed by atoms with E-state index in [9.17, 15) is 17.6 Å². The average Bonchev–Trinajstić information content (AvgIpc) is 2.22. The number of rotatable bonds is 5. The molecule has 19 heavy (non-hydrogen) atoms. The van der Waals surface area contributed by atoms with E-state index in [1.165, 1.54) is 13.8 Å². The van der Waals surface area contributed by atoms with Crippen molar-refractivity contribution >= 4 is 16.1 Å². The largest absolute Gasteiger partial charge is 0.352 e. The molecule has 0 aromatic heterocycles. The highest BCUT2D eigenvalue weighted by Crippen LogP contribution is 2.20. The van der Waals surface area contributed by atoms with Crippen LogP contribution in [0.3, 0.4) is 0 Å². The highest BCUT2D eigenvalue weighted by atomic mass is 32.2. The van der Waals surface area contributed by atoms with Crippen LogP contribution in [-0.4, -0.2) is 27.5 Å². The van der Waals surface area contributed by atoms with Gasteiger partial charge in [0.2, 0.25) is 10.0 Å². The second kappa shape index (κ2) is 5.98. The number of hydrogen-bond acceptors (Lipinski definition) is 3. The lowest BCUT2D eigenvalue weighted by Gasteiger charge is -2.12. The highest BCUT2D eigenvalue weighted by molar-refractivity contribution is 7.89. The monoisotopic (exact) mass is 289 g/mol. The maximum absolute atomic E-state index is 13.1. The summed E-state index contributed by atoms with van der Waals surface area (Å²) in [6, 6.07) is 1.58. The number of urea groups is 1. The molecule has 0 bridgehead atoms. The van der Waals surface area contributed by atoms with Crippen molar-refractivity contribution in [1.82, 2.24) is 10.0 Å². The topological polar surface area (TPSA) is 101 Å². The molecule has 8 heteroatoms. The third kappa shape index (κ3) is 4.18. The number of sulfonamides is 1. The van der Waals surface area contributed by atoms with E-state index in [0.29, 0.717) is 11.1 Å². The van der Waals surface area contributed by atoms with Crippen LogP contribution in [0.25, 0.3) is 0 Å². The smallest absolute Gasteiger partial charge is 0.312 e. The molecular weight excluding hydrogens is 273 g/mol. The van der Waals surface area contributed by atoms with Crippen LogP contribution in [-0.2, 0) is 10.0 Å². The molecule has 0 radical (unpaired) electrons. The quantitative estimate of drug-likeness (QED) is 0.683. The summed E-state index contributed by atoms with van der Waals surface area (Å²) in [4.78, 5) is 10.5. The van der Waals surface area contributed by atoms with Crippen molar-refractivity contribution in [3.05, 3.63) is 29.1 Å². The number of primary amides is 1. The highest BCUT2D eigenvalue weighted by Gasteiger charge is 2.19. The van der Waals surface area contributed by atoms with E-state index in [-0.39, 0.29) is 18.0 Å². The Hall–Kier alpha value is -1.67. The molecule has 4 N–H and O–H groups in total. The van der Waals surface area contributed by atoms with Gasteiger partial charge in [0.25, 0.3) is 0 Å². The first-order valence-corrected chi connectivity index (χ1v) is 7.02. The van der Waals surface area contributed by atoms with Gasteiger partial charge in [0.05, 0.1) is 4.90 Å². The summed E-state index contributed by atoms with van der Waals surface area (Å²) in [6.07, 6.45) is 0. The first-order chi connectivity index (χ1) is 8.74. The summed E-state index contributed by atoms with van der Waals surface area (Å²) >= 11 is 0. The zero-order valence-electron chi connectivity index (χ0n) is 10.7. The van der Waals surface area contributed by atoms with Crippen LogP contribution < -0.4 is 15.8 Å². The number of nitrogens with two attached hydrogens (primary N) is 1. The Morgan fingerprint density at radius 2 is 1.79 bits per heavy atom. The number of amides is 2. The van der Waals surface area contributed by atoms with Crippen molar-refractivity contribution in [2.75, 3.05) is 13.1 Å². The van der Waals surface area contributed by atoms with E-state index in [4.69, 9.17) is 5.73 Å². The molecule has 0 aliphatic carbocycles. The number of nitrogens with one attached hydrogen (secondary N) is 2.